The van der Waals surface area contributed by atoms with Crippen molar-refractivity contribution in [1.29, 1.82) is 0 Å². The lowest BCUT2D eigenvalue weighted by Gasteiger charge is -2.33. The quantitative estimate of drug-likeness (QED) is 0.369. The average Bonchev–Trinajstić information content (AvgIpc) is 3.45. The van der Waals surface area contributed by atoms with E-state index in [0.717, 1.165) is 48.3 Å². The lowest BCUT2D eigenvalue weighted by atomic mass is 10.2. The number of amides is 3. The number of urea groups is 1. The Morgan fingerprint density at radius 3 is 2.05 bits per heavy atom. The summed E-state index contributed by atoms with van der Waals surface area (Å²) >= 11 is 0. The lowest BCUT2D eigenvalue weighted by Crippen LogP contribution is -2.43. The standard InChI is InChI=1S/C27H28N8O3/c1-16(36)29-18-7-9-20(10-8-18)31-27(37)30-19-5-3-17(4-6-19)24-32-25-23(13-28-34(25)2)26(33-24)35-14-21-11-12-22(15-35)38-21/h3-10,13,21-22H,11-12,14-15H2,1-2H3,(H,29,36)(H2,30,31,37). The number of hydrogen-bond donors (Lipinski definition) is 3. The van der Waals surface area contributed by atoms with Crippen molar-refractivity contribution in [2.75, 3.05) is 33.9 Å². The minimum atomic E-state index is -0.373. The number of aromatic nitrogens is 4. The van der Waals surface area contributed by atoms with Gasteiger partial charge in [0.2, 0.25) is 5.91 Å². The van der Waals surface area contributed by atoms with Crippen molar-refractivity contribution in [2.45, 2.75) is 32.0 Å². The van der Waals surface area contributed by atoms with E-state index in [0.29, 0.717) is 22.9 Å². The van der Waals surface area contributed by atoms with Crippen LogP contribution >= 0.6 is 0 Å². The number of benzene rings is 2. The van der Waals surface area contributed by atoms with Crippen LogP contribution in [0.1, 0.15) is 19.8 Å². The lowest BCUT2D eigenvalue weighted by molar-refractivity contribution is -0.114. The smallest absolute Gasteiger partial charge is 0.323 e. The Morgan fingerprint density at radius 1 is 0.868 bits per heavy atom. The largest absolute Gasteiger partial charge is 0.371 e. The molecule has 2 unspecified atom stereocenters. The summed E-state index contributed by atoms with van der Waals surface area (Å²) in [5.74, 6) is 1.33. The molecule has 2 fully saturated rings. The van der Waals surface area contributed by atoms with E-state index >= 15 is 0 Å². The highest BCUT2D eigenvalue weighted by Gasteiger charge is 2.35. The highest BCUT2D eigenvalue weighted by molar-refractivity contribution is 6.00. The third kappa shape index (κ3) is 4.88. The summed E-state index contributed by atoms with van der Waals surface area (Å²) < 4.78 is 7.79. The number of ether oxygens (including phenoxy) is 1. The highest BCUT2D eigenvalue weighted by atomic mass is 16.5. The van der Waals surface area contributed by atoms with Crippen LogP contribution in [-0.2, 0) is 16.6 Å². The molecule has 0 spiro atoms. The van der Waals surface area contributed by atoms with Gasteiger partial charge in [-0.25, -0.2) is 14.8 Å². The predicted molar refractivity (Wildman–Crippen MR) is 145 cm³/mol. The number of carbonyl (C=O) groups excluding carboxylic acids is 2. The Balaban J connectivity index is 1.18. The van der Waals surface area contributed by atoms with Gasteiger partial charge in [0.25, 0.3) is 0 Å². The van der Waals surface area contributed by atoms with E-state index in [-0.39, 0.29) is 24.1 Å². The number of nitrogens with one attached hydrogen (secondary N) is 3. The predicted octanol–water partition coefficient (Wildman–Crippen LogP) is 4.00. The molecule has 0 radical (unpaired) electrons. The Labute approximate surface area is 219 Å². The molecule has 2 saturated heterocycles. The van der Waals surface area contributed by atoms with Crippen LogP contribution in [-0.4, -0.2) is 57.0 Å². The summed E-state index contributed by atoms with van der Waals surface area (Å²) in [4.78, 5) is 35.7. The Hall–Kier alpha value is -4.51. The van der Waals surface area contributed by atoms with Gasteiger partial charge >= 0.3 is 6.03 Å². The maximum atomic E-state index is 12.5. The van der Waals surface area contributed by atoms with Gasteiger partial charge in [0, 0.05) is 49.7 Å². The van der Waals surface area contributed by atoms with E-state index in [2.05, 4.69) is 25.9 Å². The van der Waals surface area contributed by atoms with E-state index < -0.39 is 0 Å². The first kappa shape index (κ1) is 23.9. The molecule has 2 aromatic carbocycles. The van der Waals surface area contributed by atoms with Crippen LogP contribution in [0.4, 0.5) is 27.7 Å². The Morgan fingerprint density at radius 2 is 1.45 bits per heavy atom. The van der Waals surface area contributed by atoms with Gasteiger partial charge in [-0.1, -0.05) is 0 Å². The van der Waals surface area contributed by atoms with Crippen molar-refractivity contribution in [3.63, 3.8) is 0 Å². The average molecular weight is 513 g/mol. The van der Waals surface area contributed by atoms with Crippen LogP contribution in [0.3, 0.4) is 0 Å². The molecule has 194 valence electrons. The zero-order chi connectivity index (χ0) is 26.2. The number of rotatable bonds is 5. The molecule has 2 bridgehead atoms. The Bertz CT molecular complexity index is 1490. The van der Waals surface area contributed by atoms with Crippen molar-refractivity contribution in [3.05, 3.63) is 54.7 Å². The summed E-state index contributed by atoms with van der Waals surface area (Å²) in [5, 5.41) is 13.7. The van der Waals surface area contributed by atoms with Crippen molar-refractivity contribution in [2.24, 2.45) is 7.05 Å². The maximum Gasteiger partial charge on any atom is 0.323 e. The van der Waals surface area contributed by atoms with Crippen LogP contribution in [0.25, 0.3) is 22.4 Å². The van der Waals surface area contributed by atoms with E-state index in [9.17, 15) is 9.59 Å². The van der Waals surface area contributed by atoms with Crippen molar-refractivity contribution in [1.82, 2.24) is 19.7 Å². The molecule has 0 aliphatic carbocycles. The zero-order valence-electron chi connectivity index (χ0n) is 21.1. The summed E-state index contributed by atoms with van der Waals surface area (Å²) in [5.41, 5.74) is 3.51. The molecule has 2 atom stereocenters. The third-order valence-electron chi connectivity index (χ3n) is 6.78. The number of aryl methyl sites for hydroxylation is 1. The van der Waals surface area contributed by atoms with E-state index in [1.54, 1.807) is 28.9 Å². The second kappa shape index (κ2) is 9.75. The minimum Gasteiger partial charge on any atom is -0.371 e. The van der Waals surface area contributed by atoms with Gasteiger partial charge < -0.3 is 25.6 Å². The second-order valence-corrected chi connectivity index (χ2v) is 9.65. The zero-order valence-corrected chi connectivity index (χ0v) is 21.1. The van der Waals surface area contributed by atoms with Gasteiger partial charge in [0.1, 0.15) is 5.82 Å². The van der Waals surface area contributed by atoms with Gasteiger partial charge in [-0.2, -0.15) is 5.10 Å². The molecule has 38 heavy (non-hydrogen) atoms. The SMILES string of the molecule is CC(=O)Nc1ccc(NC(=O)Nc2ccc(-c3nc(N4CC5CCC(C4)O5)c4cnn(C)c4n3)cc2)cc1. The van der Waals surface area contributed by atoms with E-state index in [1.165, 1.54) is 6.92 Å². The van der Waals surface area contributed by atoms with Crippen LogP contribution in [0.15, 0.2) is 54.7 Å². The first-order valence-electron chi connectivity index (χ1n) is 12.6. The molecule has 2 aliphatic heterocycles. The number of morpholine rings is 1. The fraction of sp³-hybridized carbons (Fsp3) is 0.296. The van der Waals surface area contributed by atoms with Crippen molar-refractivity contribution >= 4 is 45.9 Å². The molecule has 6 rings (SSSR count). The fourth-order valence-corrected chi connectivity index (χ4v) is 5.00. The van der Waals surface area contributed by atoms with Crippen molar-refractivity contribution in [3.8, 4) is 11.4 Å². The minimum absolute atomic E-state index is 0.151. The number of carbonyl (C=O) groups is 2. The first-order valence-corrected chi connectivity index (χ1v) is 12.6. The summed E-state index contributed by atoms with van der Waals surface area (Å²) in [7, 11) is 1.88. The van der Waals surface area contributed by atoms with Crippen LogP contribution in [0, 0.1) is 0 Å². The van der Waals surface area contributed by atoms with Crippen LogP contribution in [0.5, 0.6) is 0 Å². The second-order valence-electron chi connectivity index (χ2n) is 9.65. The molecule has 0 saturated carbocycles. The number of hydrogen-bond acceptors (Lipinski definition) is 7. The normalized spacial score (nSPS) is 18.4. The first-order chi connectivity index (χ1) is 18.4. The fourth-order valence-electron chi connectivity index (χ4n) is 5.00. The van der Waals surface area contributed by atoms with E-state index in [4.69, 9.17) is 14.7 Å². The number of anilines is 4. The summed E-state index contributed by atoms with van der Waals surface area (Å²) in [6.07, 6.45) is 4.47. The van der Waals surface area contributed by atoms with Gasteiger partial charge in [0.15, 0.2) is 11.5 Å². The maximum absolute atomic E-state index is 12.5. The molecule has 11 nitrogen and oxygen atoms in total. The summed E-state index contributed by atoms with van der Waals surface area (Å²) in [6, 6.07) is 13.9. The van der Waals surface area contributed by atoms with Gasteiger partial charge in [-0.15, -0.1) is 0 Å². The number of fused-ring (bicyclic) bond motifs is 3. The molecule has 3 N–H and O–H groups in total. The number of nitrogens with zero attached hydrogens (tertiary/aromatic N) is 5. The topological polar surface area (TPSA) is 126 Å². The molecule has 4 aromatic rings. The molecule has 2 aliphatic rings. The molecule has 4 heterocycles. The van der Waals surface area contributed by atoms with Crippen LogP contribution < -0.4 is 20.9 Å². The molecular weight excluding hydrogens is 484 g/mol. The highest BCUT2D eigenvalue weighted by Crippen LogP contribution is 2.33. The monoisotopic (exact) mass is 512 g/mol. The molecule has 3 amide bonds. The summed E-state index contributed by atoms with van der Waals surface area (Å²) in [6.45, 7) is 3.07. The van der Waals surface area contributed by atoms with E-state index in [1.807, 2.05) is 37.5 Å². The molecular formula is C27H28N8O3. The van der Waals surface area contributed by atoms with Crippen LogP contribution in [0.2, 0.25) is 0 Å². The van der Waals surface area contributed by atoms with Gasteiger partial charge in [-0.05, 0) is 61.4 Å². The third-order valence-corrected chi connectivity index (χ3v) is 6.78. The van der Waals surface area contributed by atoms with Gasteiger partial charge in [0.05, 0.1) is 23.8 Å². The Kier molecular flexibility index (Phi) is 6.12. The van der Waals surface area contributed by atoms with Gasteiger partial charge in [-0.3, -0.25) is 9.48 Å². The molecule has 11 heteroatoms. The molecule has 2 aromatic heterocycles. The van der Waals surface area contributed by atoms with Crippen molar-refractivity contribution < 1.29 is 14.3 Å².